The lowest BCUT2D eigenvalue weighted by molar-refractivity contribution is 0.102. The lowest BCUT2D eigenvalue weighted by Gasteiger charge is -2.20. The molecule has 0 aliphatic heterocycles. The van der Waals surface area contributed by atoms with Gasteiger partial charge in [-0.15, -0.1) is 10.2 Å². The van der Waals surface area contributed by atoms with Crippen molar-refractivity contribution in [2.45, 2.75) is 37.6 Å². The molecule has 0 radical (unpaired) electrons. The third-order valence-electron chi connectivity index (χ3n) is 4.38. The zero-order chi connectivity index (χ0) is 21.7. The number of amides is 1. The van der Waals surface area contributed by atoms with Gasteiger partial charge < -0.3 is 0 Å². The van der Waals surface area contributed by atoms with Crippen LogP contribution < -0.4 is 10.0 Å². The minimum Gasteiger partial charge on any atom is -0.296 e. The number of hydrogen-bond donors (Lipinski definition) is 2. The highest BCUT2D eigenvalue weighted by Crippen LogP contribution is 2.26. The van der Waals surface area contributed by atoms with E-state index in [9.17, 15) is 13.2 Å². The van der Waals surface area contributed by atoms with Crippen LogP contribution in [0.3, 0.4) is 0 Å². The molecule has 30 heavy (non-hydrogen) atoms. The lowest BCUT2D eigenvalue weighted by atomic mass is 9.98. The van der Waals surface area contributed by atoms with Crippen LogP contribution in [0, 0.1) is 12.8 Å². The highest BCUT2D eigenvalue weighted by Gasteiger charge is 2.26. The molecule has 2 aromatic carbocycles. The van der Waals surface area contributed by atoms with Crippen molar-refractivity contribution in [3.05, 3.63) is 71.3 Å². The van der Waals surface area contributed by atoms with Crippen molar-refractivity contribution in [2.24, 2.45) is 5.92 Å². The van der Waals surface area contributed by atoms with Crippen LogP contribution in [0.5, 0.6) is 0 Å². The third-order valence-corrected chi connectivity index (χ3v) is 7.05. The van der Waals surface area contributed by atoms with Crippen molar-refractivity contribution in [3.63, 3.8) is 0 Å². The van der Waals surface area contributed by atoms with Crippen LogP contribution in [0.25, 0.3) is 0 Å². The molecule has 0 aliphatic rings. The first-order valence-corrected chi connectivity index (χ1v) is 11.8. The first-order chi connectivity index (χ1) is 14.2. The third kappa shape index (κ3) is 5.71. The van der Waals surface area contributed by atoms with Gasteiger partial charge in [-0.25, -0.2) is 13.1 Å². The van der Waals surface area contributed by atoms with Gasteiger partial charge in [-0.05, 0) is 37.0 Å². The fraction of sp³-hybridized carbons (Fsp3) is 0.286. The molecular formula is C21H24N4O3S2. The molecule has 3 rings (SSSR count). The number of rotatable bonds is 8. The van der Waals surface area contributed by atoms with Gasteiger partial charge in [-0.1, -0.05) is 73.2 Å². The van der Waals surface area contributed by atoms with E-state index >= 15 is 0 Å². The van der Waals surface area contributed by atoms with Gasteiger partial charge in [0.2, 0.25) is 9.47 Å². The molecule has 0 saturated carbocycles. The minimum atomic E-state index is -3.89. The summed E-state index contributed by atoms with van der Waals surface area (Å²) in [5, 5.41) is 10.3. The van der Waals surface area contributed by atoms with Crippen LogP contribution >= 0.6 is 11.3 Å². The van der Waals surface area contributed by atoms with Crippen LogP contribution in [0.2, 0.25) is 0 Å². The first kappa shape index (κ1) is 22.1. The molecular weight excluding hydrogens is 420 g/mol. The van der Waals surface area contributed by atoms with E-state index in [1.807, 2.05) is 63.2 Å². The Morgan fingerprint density at radius 2 is 1.70 bits per heavy atom. The van der Waals surface area contributed by atoms with Gasteiger partial charge in [0.15, 0.2) is 0 Å². The molecule has 0 spiro atoms. The van der Waals surface area contributed by atoms with E-state index in [4.69, 9.17) is 0 Å². The predicted molar refractivity (Wildman–Crippen MR) is 118 cm³/mol. The van der Waals surface area contributed by atoms with E-state index in [2.05, 4.69) is 20.2 Å². The van der Waals surface area contributed by atoms with E-state index in [0.717, 1.165) is 22.5 Å². The maximum atomic E-state index is 12.9. The Morgan fingerprint density at radius 1 is 1.03 bits per heavy atom. The fourth-order valence-corrected chi connectivity index (χ4v) is 5.04. The second-order valence-corrected chi connectivity index (χ2v) is 10.3. The lowest BCUT2D eigenvalue weighted by Crippen LogP contribution is -2.29. The molecule has 0 unspecified atom stereocenters. The molecule has 2 N–H and O–H groups in total. The molecule has 9 heteroatoms. The van der Waals surface area contributed by atoms with Gasteiger partial charge in [0.1, 0.15) is 0 Å². The molecule has 1 atom stereocenters. The van der Waals surface area contributed by atoms with Crippen molar-refractivity contribution in [1.82, 2.24) is 14.9 Å². The summed E-state index contributed by atoms with van der Waals surface area (Å²) in [4.78, 5) is 12.3. The number of nitrogens with one attached hydrogen (secondary N) is 2. The highest BCUT2D eigenvalue weighted by molar-refractivity contribution is 7.91. The molecule has 0 saturated heterocycles. The summed E-state index contributed by atoms with van der Waals surface area (Å²) in [5.41, 5.74) is 2.38. The second kappa shape index (κ2) is 9.46. The topological polar surface area (TPSA) is 101 Å². The average Bonchev–Trinajstić information content (AvgIpc) is 3.17. The van der Waals surface area contributed by atoms with Gasteiger partial charge in [-0.2, -0.15) is 0 Å². The SMILES string of the molecule is Cc1ccc(C(=O)Nc2nnc(S(=O)(=O)N[C@H](CC(C)C)c3ccccc3)s2)cc1. The van der Waals surface area contributed by atoms with Crippen LogP contribution in [0.15, 0.2) is 58.9 Å². The summed E-state index contributed by atoms with van der Waals surface area (Å²) in [6.07, 6.45) is 0.638. The number of aryl methyl sites for hydroxylation is 1. The Morgan fingerprint density at radius 3 is 2.33 bits per heavy atom. The van der Waals surface area contributed by atoms with Gasteiger partial charge >= 0.3 is 0 Å². The van der Waals surface area contributed by atoms with Crippen molar-refractivity contribution >= 4 is 32.4 Å². The van der Waals surface area contributed by atoms with E-state index < -0.39 is 10.0 Å². The Bertz CT molecular complexity index is 1090. The molecule has 0 bridgehead atoms. The molecule has 3 aromatic rings. The highest BCUT2D eigenvalue weighted by atomic mass is 32.2. The number of nitrogens with zero attached hydrogens (tertiary/aromatic N) is 2. The summed E-state index contributed by atoms with van der Waals surface area (Å²) in [5.74, 6) is -0.0817. The standard InChI is InChI=1S/C21H24N4O3S2/c1-14(2)13-18(16-7-5-4-6-8-16)25-30(27,28)21-24-23-20(29-21)22-19(26)17-11-9-15(3)10-12-17/h4-12,14,18,25H,13H2,1-3H3,(H,22,23,26)/t18-/m1/s1. The second-order valence-electron chi connectivity index (χ2n) is 7.41. The summed E-state index contributed by atoms with van der Waals surface area (Å²) >= 11 is 0.817. The van der Waals surface area contributed by atoms with Crippen molar-refractivity contribution < 1.29 is 13.2 Å². The van der Waals surface area contributed by atoms with Gasteiger partial charge in [0.05, 0.1) is 0 Å². The van der Waals surface area contributed by atoms with Crippen LogP contribution in [0.1, 0.15) is 47.8 Å². The van der Waals surface area contributed by atoms with E-state index in [0.29, 0.717) is 12.0 Å². The number of carbonyl (C=O) groups excluding carboxylic acids is 1. The molecule has 158 valence electrons. The van der Waals surface area contributed by atoms with Crippen LogP contribution in [-0.4, -0.2) is 24.5 Å². The van der Waals surface area contributed by atoms with Gasteiger partial charge in [-0.3, -0.25) is 10.1 Å². The number of benzene rings is 2. The van der Waals surface area contributed by atoms with Crippen molar-refractivity contribution in [1.29, 1.82) is 0 Å². The molecule has 1 aromatic heterocycles. The monoisotopic (exact) mass is 444 g/mol. The Kier molecular flexibility index (Phi) is 6.96. The zero-order valence-corrected chi connectivity index (χ0v) is 18.6. The normalized spacial score (nSPS) is 12.7. The number of anilines is 1. The van der Waals surface area contributed by atoms with Gasteiger partial charge in [0.25, 0.3) is 15.9 Å². The minimum absolute atomic E-state index is 0.126. The molecule has 1 heterocycles. The van der Waals surface area contributed by atoms with E-state index in [1.54, 1.807) is 12.1 Å². The van der Waals surface area contributed by atoms with Crippen molar-refractivity contribution in [3.8, 4) is 0 Å². The van der Waals surface area contributed by atoms with Crippen molar-refractivity contribution in [2.75, 3.05) is 5.32 Å². The molecule has 0 aliphatic carbocycles. The quantitative estimate of drug-likeness (QED) is 0.508. The maximum Gasteiger partial charge on any atom is 0.270 e. The maximum absolute atomic E-state index is 12.9. The van der Waals surface area contributed by atoms with Crippen LogP contribution in [-0.2, 0) is 10.0 Å². The smallest absolute Gasteiger partial charge is 0.270 e. The summed E-state index contributed by atoms with van der Waals surface area (Å²) < 4.78 is 28.3. The Hall–Kier alpha value is -2.62. The van der Waals surface area contributed by atoms with E-state index in [1.165, 1.54) is 0 Å². The molecule has 7 nitrogen and oxygen atoms in total. The fourth-order valence-electron chi connectivity index (χ4n) is 2.89. The summed E-state index contributed by atoms with van der Waals surface area (Å²) in [6, 6.07) is 16.1. The number of aromatic nitrogens is 2. The first-order valence-electron chi connectivity index (χ1n) is 9.53. The molecule has 0 fully saturated rings. The predicted octanol–water partition coefficient (Wildman–Crippen LogP) is 4.16. The Labute approximate surface area is 180 Å². The average molecular weight is 445 g/mol. The Balaban J connectivity index is 1.75. The number of hydrogen-bond acceptors (Lipinski definition) is 6. The van der Waals surface area contributed by atoms with E-state index in [-0.39, 0.29) is 27.3 Å². The van der Waals surface area contributed by atoms with Crippen LogP contribution in [0.4, 0.5) is 5.13 Å². The summed E-state index contributed by atoms with van der Waals surface area (Å²) in [6.45, 7) is 6.00. The molecule has 1 amide bonds. The number of carbonyl (C=O) groups is 1. The van der Waals surface area contributed by atoms with Gasteiger partial charge in [0, 0.05) is 11.6 Å². The number of sulfonamides is 1. The zero-order valence-electron chi connectivity index (χ0n) is 17.0. The summed E-state index contributed by atoms with van der Waals surface area (Å²) in [7, 11) is -3.89. The largest absolute Gasteiger partial charge is 0.296 e.